The van der Waals surface area contributed by atoms with Gasteiger partial charge in [0.1, 0.15) is 5.82 Å². The summed E-state index contributed by atoms with van der Waals surface area (Å²) in [5.74, 6) is 1.10. The van der Waals surface area contributed by atoms with Crippen molar-refractivity contribution >= 4 is 12.2 Å². The summed E-state index contributed by atoms with van der Waals surface area (Å²) in [6.07, 6.45) is 11.9. The van der Waals surface area contributed by atoms with Crippen LogP contribution in [0.15, 0.2) is 60.9 Å². The summed E-state index contributed by atoms with van der Waals surface area (Å²) in [5, 5.41) is 3.04. The number of fused-ring (bicyclic) bond motifs is 2. The molecule has 5 rings (SSSR count). The predicted octanol–water partition coefficient (Wildman–Crippen LogP) is 6.10. The summed E-state index contributed by atoms with van der Waals surface area (Å²) < 4.78 is 18.6. The first-order chi connectivity index (χ1) is 16.6. The summed E-state index contributed by atoms with van der Waals surface area (Å²) in [5.41, 5.74) is 5.27. The second kappa shape index (κ2) is 9.84. The maximum Gasteiger partial charge on any atom is 0.407 e. The maximum atomic E-state index is 13.5. The van der Waals surface area contributed by atoms with Crippen molar-refractivity contribution in [3.8, 4) is 11.1 Å². The number of alkyl carbamates (subject to hydrolysis) is 1. The lowest BCUT2D eigenvalue weighted by molar-refractivity contribution is 0.129. The van der Waals surface area contributed by atoms with Crippen molar-refractivity contribution in [3.05, 3.63) is 83.7 Å². The molecule has 2 aliphatic rings. The predicted molar refractivity (Wildman–Crippen MR) is 131 cm³/mol. The van der Waals surface area contributed by atoms with Crippen LogP contribution in [0.4, 0.5) is 9.18 Å². The molecule has 5 nitrogen and oxygen atoms in total. The van der Waals surface area contributed by atoms with Crippen LogP contribution in [0.2, 0.25) is 0 Å². The molecule has 0 aliphatic heterocycles. The Morgan fingerprint density at radius 2 is 2.15 bits per heavy atom. The van der Waals surface area contributed by atoms with Gasteiger partial charge in [0.2, 0.25) is 0 Å². The molecule has 2 N–H and O–H groups in total. The largest absolute Gasteiger partial charge is 0.450 e. The standard InChI is InChI=1S/C28H30FN3O2/c1-2-34-28(33)32-23-9-10-24-20(15-23)16-27-26(12-13-30-27)25(24)11-8-22-7-6-19(17-31-22)18-4-3-5-21(29)14-18/h3-8,11-14,17,20,23-25,30H,2,9-10,15-16H2,1H3,(H,32,33)/b11-8+/t20-,23+,24+,25-/m0/s1. The van der Waals surface area contributed by atoms with Gasteiger partial charge >= 0.3 is 6.09 Å². The maximum absolute atomic E-state index is 13.5. The van der Waals surface area contributed by atoms with E-state index in [1.54, 1.807) is 12.3 Å². The van der Waals surface area contributed by atoms with Crippen molar-refractivity contribution in [3.63, 3.8) is 0 Å². The molecule has 1 amide bonds. The third-order valence-electron chi connectivity index (χ3n) is 7.21. The number of amides is 1. The summed E-state index contributed by atoms with van der Waals surface area (Å²) in [7, 11) is 0. The molecular formula is C28H30FN3O2. The molecule has 1 fully saturated rings. The Morgan fingerprint density at radius 1 is 1.24 bits per heavy atom. The molecule has 176 valence electrons. The Labute approximate surface area is 199 Å². The molecule has 0 saturated heterocycles. The number of nitrogens with zero attached hydrogens (tertiary/aromatic N) is 1. The SMILES string of the molecule is CCOC(=O)N[C@@H]1CC[C@@H]2[C@H](Cc3[nH]ccc3[C@H]2/C=C/c2ccc(-c3cccc(F)c3)cn2)C1. The normalized spacial score (nSPS) is 23.8. The number of aromatic amines is 1. The molecule has 2 heterocycles. The smallest absolute Gasteiger partial charge is 0.407 e. The van der Waals surface area contributed by atoms with Gasteiger partial charge in [-0.05, 0) is 85.9 Å². The summed E-state index contributed by atoms with van der Waals surface area (Å²) in [6.45, 7) is 2.21. The highest BCUT2D eigenvalue weighted by Gasteiger charge is 2.40. The van der Waals surface area contributed by atoms with E-state index in [-0.39, 0.29) is 18.0 Å². The Hall–Kier alpha value is -3.41. The molecule has 0 spiro atoms. The van der Waals surface area contributed by atoms with Gasteiger partial charge in [-0.3, -0.25) is 4.98 Å². The first-order valence-corrected chi connectivity index (χ1v) is 12.1. The number of nitrogens with one attached hydrogen (secondary N) is 2. The number of rotatable bonds is 5. The van der Waals surface area contributed by atoms with Crippen LogP contribution in [-0.2, 0) is 11.2 Å². The van der Waals surface area contributed by atoms with E-state index in [4.69, 9.17) is 4.74 Å². The van der Waals surface area contributed by atoms with Crippen LogP contribution in [0.25, 0.3) is 17.2 Å². The highest BCUT2D eigenvalue weighted by molar-refractivity contribution is 5.67. The van der Waals surface area contributed by atoms with Gasteiger partial charge < -0.3 is 15.0 Å². The highest BCUT2D eigenvalue weighted by atomic mass is 19.1. The minimum atomic E-state index is -0.313. The van der Waals surface area contributed by atoms with Gasteiger partial charge in [-0.25, -0.2) is 9.18 Å². The summed E-state index contributed by atoms with van der Waals surface area (Å²) in [6, 6.07) is 12.9. The number of aromatic nitrogens is 2. The second-order valence-electron chi connectivity index (χ2n) is 9.28. The van der Waals surface area contributed by atoms with Gasteiger partial charge in [0.05, 0.1) is 12.3 Å². The Kier molecular flexibility index (Phi) is 6.48. The second-order valence-corrected chi connectivity index (χ2v) is 9.28. The molecule has 2 aromatic heterocycles. The molecule has 6 heteroatoms. The molecule has 3 aromatic rings. The van der Waals surface area contributed by atoms with Gasteiger partial charge in [-0.2, -0.15) is 0 Å². The van der Waals surface area contributed by atoms with Gasteiger partial charge in [0.15, 0.2) is 0 Å². The molecule has 34 heavy (non-hydrogen) atoms. The van der Waals surface area contributed by atoms with Crippen molar-refractivity contribution in [2.24, 2.45) is 11.8 Å². The fourth-order valence-corrected chi connectivity index (χ4v) is 5.65. The number of ether oxygens (including phenoxy) is 1. The van der Waals surface area contributed by atoms with Crippen LogP contribution in [0.3, 0.4) is 0 Å². The van der Waals surface area contributed by atoms with E-state index >= 15 is 0 Å². The monoisotopic (exact) mass is 459 g/mol. The molecule has 1 saturated carbocycles. The molecule has 4 atom stereocenters. The number of carbonyl (C=O) groups is 1. The van der Waals surface area contributed by atoms with Crippen molar-refractivity contribution in [2.45, 2.75) is 44.6 Å². The van der Waals surface area contributed by atoms with Crippen LogP contribution in [0.1, 0.15) is 49.1 Å². The number of allylic oxidation sites excluding steroid dienone is 1. The van der Waals surface area contributed by atoms with E-state index in [0.717, 1.165) is 42.5 Å². The zero-order valence-electron chi connectivity index (χ0n) is 19.3. The third kappa shape index (κ3) is 4.76. The van der Waals surface area contributed by atoms with Crippen molar-refractivity contribution in [2.75, 3.05) is 6.61 Å². The quantitative estimate of drug-likeness (QED) is 0.484. The average Bonchev–Trinajstić information content (AvgIpc) is 3.30. The zero-order valence-corrected chi connectivity index (χ0v) is 19.3. The van der Waals surface area contributed by atoms with Crippen molar-refractivity contribution in [1.82, 2.24) is 15.3 Å². The van der Waals surface area contributed by atoms with Crippen molar-refractivity contribution in [1.29, 1.82) is 0 Å². The van der Waals surface area contributed by atoms with E-state index in [1.165, 1.54) is 23.4 Å². The number of H-pyrrole nitrogens is 1. The first kappa shape index (κ1) is 22.4. The summed E-state index contributed by atoms with van der Waals surface area (Å²) in [4.78, 5) is 19.9. The molecular weight excluding hydrogens is 429 g/mol. The molecule has 0 bridgehead atoms. The average molecular weight is 460 g/mol. The van der Waals surface area contributed by atoms with E-state index in [2.05, 4.69) is 33.5 Å². The number of hydrogen-bond acceptors (Lipinski definition) is 3. The van der Waals surface area contributed by atoms with Crippen LogP contribution in [0.5, 0.6) is 0 Å². The lowest BCUT2D eigenvalue weighted by Gasteiger charge is -2.43. The highest BCUT2D eigenvalue weighted by Crippen LogP contribution is 2.47. The lowest BCUT2D eigenvalue weighted by atomic mass is 9.64. The van der Waals surface area contributed by atoms with Crippen LogP contribution < -0.4 is 5.32 Å². The topological polar surface area (TPSA) is 67.0 Å². The molecule has 2 aliphatic carbocycles. The fourth-order valence-electron chi connectivity index (χ4n) is 5.65. The summed E-state index contributed by atoms with van der Waals surface area (Å²) >= 11 is 0. The van der Waals surface area contributed by atoms with Gasteiger partial charge in [-0.15, -0.1) is 0 Å². The molecule has 1 aromatic carbocycles. The minimum Gasteiger partial charge on any atom is -0.450 e. The third-order valence-corrected chi connectivity index (χ3v) is 7.21. The minimum absolute atomic E-state index is 0.165. The number of carbonyl (C=O) groups excluding carboxylic acids is 1. The Morgan fingerprint density at radius 3 is 2.94 bits per heavy atom. The Bertz CT molecular complexity index is 1170. The number of hydrogen-bond donors (Lipinski definition) is 2. The lowest BCUT2D eigenvalue weighted by Crippen LogP contribution is -2.44. The zero-order chi connectivity index (χ0) is 23.5. The number of pyridine rings is 1. The van der Waals surface area contributed by atoms with Crippen LogP contribution in [0, 0.1) is 17.7 Å². The van der Waals surface area contributed by atoms with Gasteiger partial charge in [0, 0.05) is 35.6 Å². The molecule has 0 unspecified atom stereocenters. The van der Waals surface area contributed by atoms with E-state index < -0.39 is 0 Å². The Balaban J connectivity index is 1.32. The van der Waals surface area contributed by atoms with E-state index in [0.29, 0.717) is 24.4 Å². The van der Waals surface area contributed by atoms with Gasteiger partial charge in [0.25, 0.3) is 0 Å². The van der Waals surface area contributed by atoms with E-state index in [9.17, 15) is 9.18 Å². The van der Waals surface area contributed by atoms with Crippen molar-refractivity contribution < 1.29 is 13.9 Å². The first-order valence-electron chi connectivity index (χ1n) is 12.1. The number of halogens is 1. The van der Waals surface area contributed by atoms with Gasteiger partial charge in [-0.1, -0.05) is 24.3 Å². The van der Waals surface area contributed by atoms with Crippen LogP contribution in [-0.4, -0.2) is 28.7 Å². The fraction of sp³-hybridized carbons (Fsp3) is 0.357. The van der Waals surface area contributed by atoms with Crippen LogP contribution >= 0.6 is 0 Å². The molecule has 0 radical (unpaired) electrons. The van der Waals surface area contributed by atoms with E-state index in [1.807, 2.05) is 31.3 Å². The number of benzene rings is 1.